The fourth-order valence-corrected chi connectivity index (χ4v) is 3.93. The molecule has 6 heteroatoms. The van der Waals surface area contributed by atoms with Crippen molar-refractivity contribution in [1.29, 1.82) is 0 Å². The van der Waals surface area contributed by atoms with Gasteiger partial charge in [0.15, 0.2) is 0 Å². The van der Waals surface area contributed by atoms with Crippen LogP contribution in [0.25, 0.3) is 11.1 Å². The molecule has 0 saturated heterocycles. The molecule has 2 rings (SSSR count). The van der Waals surface area contributed by atoms with Gasteiger partial charge in [-0.15, -0.1) is 0 Å². The summed E-state index contributed by atoms with van der Waals surface area (Å²) in [4.78, 5) is 10.4. The van der Waals surface area contributed by atoms with E-state index in [1.165, 1.54) is 0 Å². The molecule has 2 aromatic carbocycles. The van der Waals surface area contributed by atoms with E-state index in [1.807, 2.05) is 0 Å². The molecule has 0 unspecified atom stereocenters. The lowest BCUT2D eigenvalue weighted by molar-refractivity contribution is -0.385. The predicted molar refractivity (Wildman–Crippen MR) is 85.6 cm³/mol. The molecule has 0 aliphatic heterocycles. The molecule has 1 N–H and O–H groups in total. The summed E-state index contributed by atoms with van der Waals surface area (Å²) in [5.74, 6) is 0.200. The number of phenols is 1. The van der Waals surface area contributed by atoms with Gasteiger partial charge in [0.05, 0.1) is 4.92 Å². The molecule has 0 aliphatic carbocycles. The van der Waals surface area contributed by atoms with Gasteiger partial charge >= 0.3 is 0 Å². The highest BCUT2D eigenvalue weighted by Gasteiger charge is 2.15. The van der Waals surface area contributed by atoms with Crippen LogP contribution in [0.3, 0.4) is 0 Å². The number of hydrogen-bond acceptors (Lipinski definition) is 3. The minimum absolute atomic E-state index is 0.0892. The molecule has 0 radical (unpaired) electrons. The number of nitro benzene ring substituents is 1. The molecular weight excluding hydrogens is 460 g/mol. The predicted octanol–water partition coefficient (Wildman–Crippen LogP) is 4.18. The lowest BCUT2D eigenvalue weighted by Crippen LogP contribution is -1.93. The highest BCUT2D eigenvalue weighted by molar-refractivity contribution is 14.1. The van der Waals surface area contributed by atoms with Gasteiger partial charge in [0.2, 0.25) is 0 Å². The highest BCUT2D eigenvalue weighted by Crippen LogP contribution is 2.34. The number of hydrogen-bond donors (Lipinski definition) is 1. The Kier molecular flexibility index (Phi) is 4.05. The van der Waals surface area contributed by atoms with Crippen molar-refractivity contribution >= 4 is 50.9 Å². The van der Waals surface area contributed by atoms with E-state index >= 15 is 0 Å². The van der Waals surface area contributed by atoms with Crippen molar-refractivity contribution in [3.8, 4) is 16.9 Å². The molecule has 0 heterocycles. The monoisotopic (exact) mass is 467 g/mol. The number of aromatic hydroxyl groups is 1. The first-order valence-corrected chi connectivity index (χ1v) is 7.07. The molecule has 4 nitrogen and oxygen atoms in total. The second-order valence-electron chi connectivity index (χ2n) is 3.59. The summed E-state index contributed by atoms with van der Waals surface area (Å²) in [6.07, 6.45) is 0. The second kappa shape index (κ2) is 5.39. The minimum Gasteiger partial charge on any atom is -0.508 e. The van der Waals surface area contributed by atoms with Gasteiger partial charge in [0.25, 0.3) is 5.69 Å². The molecule has 0 atom stereocenters. The third kappa shape index (κ3) is 2.74. The number of phenolic OH excluding ortho intramolecular Hbond substituents is 1. The van der Waals surface area contributed by atoms with Gasteiger partial charge in [0.1, 0.15) is 5.75 Å². The number of nitro groups is 1. The number of halogens is 2. The number of nitrogens with zero attached hydrogens (tertiary/aromatic N) is 1. The molecule has 2 aromatic rings. The Labute approximate surface area is 130 Å². The van der Waals surface area contributed by atoms with Crippen LogP contribution in [0, 0.1) is 17.3 Å². The summed E-state index contributed by atoms with van der Waals surface area (Å²) in [6, 6.07) is 9.88. The minimum atomic E-state index is -0.398. The van der Waals surface area contributed by atoms with E-state index in [4.69, 9.17) is 0 Å². The van der Waals surface area contributed by atoms with Crippen LogP contribution in [0.4, 0.5) is 5.69 Å². The Bertz CT molecular complexity index is 588. The van der Waals surface area contributed by atoms with Gasteiger partial charge < -0.3 is 5.11 Å². The summed E-state index contributed by atoms with van der Waals surface area (Å²) in [5, 5.41) is 20.0. The fourth-order valence-electron chi connectivity index (χ4n) is 1.57. The van der Waals surface area contributed by atoms with Gasteiger partial charge in [-0.25, -0.2) is 0 Å². The van der Waals surface area contributed by atoms with Gasteiger partial charge in [-0.1, -0.05) is 12.1 Å². The van der Waals surface area contributed by atoms with Gasteiger partial charge in [-0.2, -0.15) is 0 Å². The van der Waals surface area contributed by atoms with Crippen molar-refractivity contribution in [2.45, 2.75) is 0 Å². The largest absolute Gasteiger partial charge is 0.508 e. The first-order chi connectivity index (χ1) is 8.49. The van der Waals surface area contributed by atoms with Gasteiger partial charge in [-0.3, -0.25) is 10.1 Å². The molecule has 0 bridgehead atoms. The van der Waals surface area contributed by atoms with Crippen molar-refractivity contribution < 1.29 is 10.0 Å². The van der Waals surface area contributed by atoms with Crippen LogP contribution in [0.15, 0.2) is 36.4 Å². The first kappa shape index (κ1) is 13.5. The topological polar surface area (TPSA) is 63.4 Å². The Hall–Kier alpha value is -0.900. The lowest BCUT2D eigenvalue weighted by atomic mass is 10.1. The van der Waals surface area contributed by atoms with Crippen molar-refractivity contribution in [2.75, 3.05) is 0 Å². The van der Waals surface area contributed by atoms with Crippen LogP contribution in [0.1, 0.15) is 0 Å². The zero-order chi connectivity index (χ0) is 13.3. The van der Waals surface area contributed by atoms with Gasteiger partial charge in [-0.05, 0) is 62.9 Å². The summed E-state index contributed by atoms with van der Waals surface area (Å²) >= 11 is 4.17. The number of non-ortho nitro benzene ring substituents is 1. The zero-order valence-corrected chi connectivity index (χ0v) is 13.2. The molecular formula is C12H7I2NO3. The van der Waals surface area contributed by atoms with E-state index in [9.17, 15) is 15.2 Å². The van der Waals surface area contributed by atoms with E-state index in [-0.39, 0.29) is 11.4 Å². The van der Waals surface area contributed by atoms with Crippen LogP contribution in [0.5, 0.6) is 5.75 Å². The lowest BCUT2D eigenvalue weighted by Gasteiger charge is -2.08. The maximum Gasteiger partial charge on any atom is 0.271 e. The van der Waals surface area contributed by atoms with E-state index in [1.54, 1.807) is 36.4 Å². The highest BCUT2D eigenvalue weighted by atomic mass is 127. The molecule has 0 amide bonds. The quantitative estimate of drug-likeness (QED) is 0.410. The van der Waals surface area contributed by atoms with Crippen molar-refractivity contribution in [3.05, 3.63) is 53.7 Å². The van der Waals surface area contributed by atoms with Crippen molar-refractivity contribution in [3.63, 3.8) is 0 Å². The maximum atomic E-state index is 10.8. The Morgan fingerprint density at radius 3 is 2.00 bits per heavy atom. The van der Waals surface area contributed by atoms with E-state index in [0.29, 0.717) is 0 Å². The molecule has 92 valence electrons. The Morgan fingerprint density at radius 1 is 1.06 bits per heavy atom. The molecule has 0 saturated carbocycles. The molecule has 0 fully saturated rings. The second-order valence-corrected chi connectivity index (χ2v) is 5.91. The molecule has 18 heavy (non-hydrogen) atoms. The molecule has 0 aromatic heterocycles. The fraction of sp³-hybridized carbons (Fsp3) is 0. The average Bonchev–Trinajstić information content (AvgIpc) is 2.30. The van der Waals surface area contributed by atoms with E-state index < -0.39 is 4.92 Å². The van der Waals surface area contributed by atoms with Crippen LogP contribution in [-0.2, 0) is 0 Å². The maximum absolute atomic E-state index is 10.8. The SMILES string of the molecule is O=[N+]([O-])c1cc(I)c(-c2ccc(O)cc2)c(I)c1. The zero-order valence-electron chi connectivity index (χ0n) is 8.93. The van der Waals surface area contributed by atoms with Crippen molar-refractivity contribution in [2.24, 2.45) is 0 Å². The first-order valence-electron chi connectivity index (χ1n) is 4.92. The number of benzene rings is 2. The standard InChI is InChI=1S/C12H7I2NO3/c13-10-5-8(15(17)18)6-11(14)12(10)7-1-3-9(16)4-2-7/h1-6,16H. The third-order valence-corrected chi connectivity index (χ3v) is 4.10. The van der Waals surface area contributed by atoms with E-state index in [0.717, 1.165) is 18.3 Å². The van der Waals surface area contributed by atoms with Gasteiger partial charge in [0, 0.05) is 24.8 Å². The average molecular weight is 467 g/mol. The van der Waals surface area contributed by atoms with Crippen LogP contribution >= 0.6 is 45.2 Å². The molecule has 0 spiro atoms. The van der Waals surface area contributed by atoms with Crippen molar-refractivity contribution in [1.82, 2.24) is 0 Å². The van der Waals surface area contributed by atoms with Crippen LogP contribution in [-0.4, -0.2) is 10.0 Å². The Morgan fingerprint density at radius 2 is 1.56 bits per heavy atom. The van der Waals surface area contributed by atoms with Crippen LogP contribution < -0.4 is 0 Å². The smallest absolute Gasteiger partial charge is 0.271 e. The Balaban J connectivity index is 2.58. The van der Waals surface area contributed by atoms with E-state index in [2.05, 4.69) is 45.2 Å². The normalized spacial score (nSPS) is 10.3. The summed E-state index contributed by atoms with van der Waals surface area (Å²) < 4.78 is 1.63. The summed E-state index contributed by atoms with van der Waals surface area (Å²) in [7, 11) is 0. The third-order valence-electron chi connectivity index (χ3n) is 2.39. The summed E-state index contributed by atoms with van der Waals surface area (Å²) in [5.41, 5.74) is 1.96. The summed E-state index contributed by atoms with van der Waals surface area (Å²) in [6.45, 7) is 0. The molecule has 0 aliphatic rings. The number of rotatable bonds is 2. The van der Waals surface area contributed by atoms with Crippen LogP contribution in [0.2, 0.25) is 0 Å².